The zero-order valence-electron chi connectivity index (χ0n) is 21.5. The van der Waals surface area contributed by atoms with Gasteiger partial charge in [-0.1, -0.05) is 85.5 Å². The average molecular weight is 424 g/mol. The quantitative estimate of drug-likeness (QED) is 0.198. The Balaban J connectivity index is 2.60. The first kappa shape index (κ1) is 27.5. The first-order valence-corrected chi connectivity index (χ1v) is 13.1. The molecule has 30 heavy (non-hydrogen) atoms. The molecule has 178 valence electrons. The fourth-order valence-electron chi connectivity index (χ4n) is 5.36. The van der Waals surface area contributed by atoms with Crippen LogP contribution in [0.3, 0.4) is 0 Å². The van der Waals surface area contributed by atoms with E-state index in [1.54, 1.807) is 0 Å². The van der Waals surface area contributed by atoms with Crippen molar-refractivity contribution in [3.8, 4) is 0 Å². The molecule has 0 radical (unpaired) electrons. The number of esters is 1. The van der Waals surface area contributed by atoms with Gasteiger partial charge in [0, 0.05) is 30.3 Å². The molecule has 3 nitrogen and oxygen atoms in total. The number of hydrogen-bond donors (Lipinski definition) is 0. The van der Waals surface area contributed by atoms with E-state index in [0.717, 1.165) is 38.6 Å². The molecule has 0 saturated carbocycles. The number of carbonyl (C=O) groups is 1. The van der Waals surface area contributed by atoms with Crippen LogP contribution < -0.4 is 0 Å². The topological polar surface area (TPSA) is 29.5 Å². The van der Waals surface area contributed by atoms with E-state index in [4.69, 9.17) is 4.74 Å². The van der Waals surface area contributed by atoms with Crippen molar-refractivity contribution in [2.75, 3.05) is 6.54 Å². The summed E-state index contributed by atoms with van der Waals surface area (Å²) < 4.78 is 5.99. The van der Waals surface area contributed by atoms with Crippen LogP contribution in [0.4, 0.5) is 0 Å². The monoisotopic (exact) mass is 423 g/mol. The molecule has 0 aromatic heterocycles. The van der Waals surface area contributed by atoms with Gasteiger partial charge in [-0.15, -0.1) is 0 Å². The largest absolute Gasteiger partial charge is 0.462 e. The van der Waals surface area contributed by atoms with Gasteiger partial charge in [-0.05, 0) is 46.1 Å². The van der Waals surface area contributed by atoms with Crippen LogP contribution in [0.5, 0.6) is 0 Å². The fourth-order valence-corrected chi connectivity index (χ4v) is 5.36. The number of unbranched alkanes of at least 4 members (excludes halogenated alkanes) is 9. The lowest BCUT2D eigenvalue weighted by molar-refractivity contribution is -0.165. The second-order valence-electron chi connectivity index (χ2n) is 10.9. The molecule has 0 bridgehead atoms. The highest BCUT2D eigenvalue weighted by Crippen LogP contribution is 2.44. The van der Waals surface area contributed by atoms with Gasteiger partial charge in [-0.3, -0.25) is 9.69 Å². The van der Waals surface area contributed by atoms with Crippen LogP contribution in [0.25, 0.3) is 0 Å². The molecule has 1 aliphatic heterocycles. The first-order valence-electron chi connectivity index (χ1n) is 13.1. The van der Waals surface area contributed by atoms with E-state index in [-0.39, 0.29) is 23.2 Å². The van der Waals surface area contributed by atoms with Crippen LogP contribution in [-0.4, -0.2) is 34.6 Å². The third-order valence-electron chi connectivity index (χ3n) is 7.48. The summed E-state index contributed by atoms with van der Waals surface area (Å²) in [7, 11) is 0. The predicted molar refractivity (Wildman–Crippen MR) is 130 cm³/mol. The number of hydrogen-bond acceptors (Lipinski definition) is 3. The molecule has 0 N–H and O–H groups in total. The van der Waals surface area contributed by atoms with Crippen LogP contribution in [0, 0.1) is 5.92 Å². The lowest BCUT2D eigenvalue weighted by Crippen LogP contribution is -2.65. The molecular formula is C27H53NO2. The summed E-state index contributed by atoms with van der Waals surface area (Å²) in [6.45, 7) is 17.4. The Kier molecular flexibility index (Phi) is 12.6. The number of piperidine rings is 1. The van der Waals surface area contributed by atoms with E-state index in [0.29, 0.717) is 12.3 Å². The van der Waals surface area contributed by atoms with Crippen molar-refractivity contribution in [1.82, 2.24) is 4.90 Å². The molecule has 1 aliphatic rings. The van der Waals surface area contributed by atoms with Gasteiger partial charge in [0.15, 0.2) is 0 Å². The van der Waals surface area contributed by atoms with E-state index >= 15 is 0 Å². The minimum Gasteiger partial charge on any atom is -0.462 e. The summed E-state index contributed by atoms with van der Waals surface area (Å²) >= 11 is 0. The van der Waals surface area contributed by atoms with Crippen molar-refractivity contribution < 1.29 is 9.53 Å². The average Bonchev–Trinajstić information content (AvgIpc) is 2.65. The number of ether oxygens (including phenoxy) is 1. The molecule has 1 heterocycles. The van der Waals surface area contributed by atoms with E-state index in [9.17, 15) is 4.79 Å². The molecule has 2 atom stereocenters. The van der Waals surface area contributed by atoms with Crippen molar-refractivity contribution in [3.63, 3.8) is 0 Å². The molecule has 0 amide bonds. The molecule has 0 aliphatic carbocycles. The van der Waals surface area contributed by atoms with E-state index in [2.05, 4.69) is 53.4 Å². The normalized spacial score (nSPS) is 24.3. The van der Waals surface area contributed by atoms with E-state index in [1.807, 2.05) is 0 Å². The van der Waals surface area contributed by atoms with Gasteiger partial charge in [-0.25, -0.2) is 0 Å². The second kappa shape index (κ2) is 13.8. The lowest BCUT2D eigenvalue weighted by atomic mass is 9.71. The Hall–Kier alpha value is -0.570. The van der Waals surface area contributed by atoms with Gasteiger partial charge in [-0.2, -0.15) is 0 Å². The second-order valence-corrected chi connectivity index (χ2v) is 10.9. The highest BCUT2D eigenvalue weighted by atomic mass is 16.5. The zero-order chi connectivity index (χ0) is 22.6. The standard InChI is InChI=1S/C27H53NO2/c1-8-10-12-13-14-15-16-18-20-28-26(5,6)21-24(22-27(28,7)23(3)4)30-25(29)19-17-11-9-2/h23-24H,8-22H2,1-7H3. The summed E-state index contributed by atoms with van der Waals surface area (Å²) in [6.07, 6.45) is 16.6. The molecule has 0 spiro atoms. The van der Waals surface area contributed by atoms with E-state index in [1.165, 1.54) is 51.4 Å². The number of likely N-dealkylation sites (tertiary alicyclic amines) is 1. The van der Waals surface area contributed by atoms with E-state index < -0.39 is 0 Å². The molecular weight excluding hydrogens is 370 g/mol. The van der Waals surface area contributed by atoms with Crippen LogP contribution in [0.15, 0.2) is 0 Å². The maximum atomic E-state index is 12.4. The summed E-state index contributed by atoms with van der Waals surface area (Å²) in [5.41, 5.74) is 0.143. The lowest BCUT2D eigenvalue weighted by Gasteiger charge is -2.58. The van der Waals surface area contributed by atoms with Crippen molar-refractivity contribution >= 4 is 5.97 Å². The Morgan fingerprint density at radius 2 is 1.40 bits per heavy atom. The van der Waals surface area contributed by atoms with Crippen LogP contribution in [0.2, 0.25) is 0 Å². The van der Waals surface area contributed by atoms with Crippen LogP contribution >= 0.6 is 0 Å². The van der Waals surface area contributed by atoms with Gasteiger partial charge < -0.3 is 4.74 Å². The fraction of sp³-hybridized carbons (Fsp3) is 0.963. The number of rotatable bonds is 15. The van der Waals surface area contributed by atoms with Gasteiger partial charge in [0.1, 0.15) is 6.10 Å². The van der Waals surface area contributed by atoms with Crippen molar-refractivity contribution in [3.05, 3.63) is 0 Å². The Labute approximate surface area is 188 Å². The minimum atomic E-state index is 0.00637. The van der Waals surface area contributed by atoms with Crippen molar-refractivity contribution in [2.24, 2.45) is 5.92 Å². The first-order chi connectivity index (χ1) is 14.2. The molecule has 2 unspecified atom stereocenters. The van der Waals surface area contributed by atoms with Crippen molar-refractivity contribution in [1.29, 1.82) is 0 Å². The van der Waals surface area contributed by atoms with Crippen molar-refractivity contribution in [2.45, 2.75) is 156 Å². The zero-order valence-corrected chi connectivity index (χ0v) is 21.5. The van der Waals surface area contributed by atoms with Crippen LogP contribution in [-0.2, 0) is 9.53 Å². The van der Waals surface area contributed by atoms with Gasteiger partial charge in [0.2, 0.25) is 0 Å². The summed E-state index contributed by atoms with van der Waals surface area (Å²) in [4.78, 5) is 15.1. The highest BCUT2D eigenvalue weighted by molar-refractivity contribution is 5.69. The highest BCUT2D eigenvalue weighted by Gasteiger charge is 2.49. The third kappa shape index (κ3) is 8.89. The summed E-state index contributed by atoms with van der Waals surface area (Å²) in [5.74, 6) is 0.541. The van der Waals surface area contributed by atoms with Gasteiger partial charge >= 0.3 is 5.97 Å². The Bertz CT molecular complexity index is 473. The molecule has 3 heteroatoms. The predicted octanol–water partition coefficient (Wildman–Crippen LogP) is 7.91. The molecule has 1 rings (SSSR count). The third-order valence-corrected chi connectivity index (χ3v) is 7.48. The Morgan fingerprint density at radius 1 is 0.867 bits per heavy atom. The maximum Gasteiger partial charge on any atom is 0.306 e. The minimum absolute atomic E-state index is 0.00637. The SMILES string of the molecule is CCCCCCCCCCN1C(C)(C)CC(OC(=O)CCCCC)CC1(C)C(C)C. The van der Waals surface area contributed by atoms with Gasteiger partial charge in [0.25, 0.3) is 0 Å². The molecule has 1 saturated heterocycles. The van der Waals surface area contributed by atoms with Gasteiger partial charge in [0.05, 0.1) is 0 Å². The number of carbonyl (C=O) groups excluding carboxylic acids is 1. The smallest absolute Gasteiger partial charge is 0.306 e. The summed E-state index contributed by atoms with van der Waals surface area (Å²) in [6, 6.07) is 0. The maximum absolute atomic E-state index is 12.4. The van der Waals surface area contributed by atoms with Crippen LogP contribution in [0.1, 0.15) is 138 Å². The Morgan fingerprint density at radius 3 is 1.97 bits per heavy atom. The summed E-state index contributed by atoms with van der Waals surface area (Å²) in [5, 5.41) is 0. The molecule has 0 aromatic carbocycles. The molecule has 1 fully saturated rings. The molecule has 0 aromatic rings. The number of nitrogens with zero attached hydrogens (tertiary/aromatic N) is 1.